The highest BCUT2D eigenvalue weighted by Crippen LogP contribution is 2.41. The molecule has 2 saturated heterocycles. The lowest BCUT2D eigenvalue weighted by Gasteiger charge is -2.45. The molecule has 7 heteroatoms. The maximum Gasteiger partial charge on any atom is 0.217 e. The number of aliphatic hydroxyl groups excluding tert-OH is 2. The fraction of sp³-hybridized carbons (Fsp3) is 0.923. The van der Waals surface area contributed by atoms with Gasteiger partial charge in [-0.1, -0.05) is 0 Å². The number of aliphatic hydroxyl groups is 2. The average molecular weight is 289 g/mol. The highest BCUT2D eigenvalue weighted by molar-refractivity contribution is 5.73. The van der Waals surface area contributed by atoms with E-state index in [4.69, 9.17) is 14.2 Å². The molecule has 7 nitrogen and oxygen atoms in total. The molecule has 2 aliphatic heterocycles. The van der Waals surface area contributed by atoms with Crippen molar-refractivity contribution in [3.63, 3.8) is 0 Å². The lowest BCUT2D eigenvalue weighted by atomic mass is 9.84. The van der Waals surface area contributed by atoms with E-state index in [9.17, 15) is 15.0 Å². The van der Waals surface area contributed by atoms with E-state index in [-0.39, 0.29) is 38.2 Å². The Hall–Kier alpha value is -0.730. The van der Waals surface area contributed by atoms with Crippen molar-refractivity contribution in [1.82, 2.24) is 5.32 Å². The van der Waals surface area contributed by atoms with Crippen molar-refractivity contribution in [1.29, 1.82) is 0 Å². The number of fused-ring (bicyclic) bond motifs is 1. The normalized spacial score (nSPS) is 39.4. The van der Waals surface area contributed by atoms with Crippen LogP contribution in [0.2, 0.25) is 0 Å². The van der Waals surface area contributed by atoms with Gasteiger partial charge in [-0.15, -0.1) is 0 Å². The van der Waals surface area contributed by atoms with E-state index in [0.717, 1.165) is 0 Å². The molecule has 20 heavy (non-hydrogen) atoms. The Morgan fingerprint density at radius 2 is 2.05 bits per heavy atom. The van der Waals surface area contributed by atoms with E-state index in [1.54, 1.807) is 13.8 Å². The van der Waals surface area contributed by atoms with E-state index in [1.807, 2.05) is 0 Å². The number of ether oxygens (including phenoxy) is 3. The molecule has 0 spiro atoms. The molecule has 0 aliphatic carbocycles. The molecular formula is C13H23NO6. The Bertz CT molecular complexity index is 374. The first-order valence-corrected chi connectivity index (χ1v) is 6.82. The van der Waals surface area contributed by atoms with Crippen molar-refractivity contribution in [3.05, 3.63) is 0 Å². The summed E-state index contributed by atoms with van der Waals surface area (Å²) < 4.78 is 17.5. The van der Waals surface area contributed by atoms with Crippen molar-refractivity contribution >= 4 is 5.91 Å². The second-order valence-corrected chi connectivity index (χ2v) is 5.84. The van der Waals surface area contributed by atoms with Crippen LogP contribution < -0.4 is 5.32 Å². The molecule has 0 saturated carbocycles. The monoisotopic (exact) mass is 289 g/mol. The summed E-state index contributed by atoms with van der Waals surface area (Å²) in [5, 5.41) is 21.7. The molecule has 0 radical (unpaired) electrons. The van der Waals surface area contributed by atoms with Gasteiger partial charge in [0, 0.05) is 20.0 Å². The van der Waals surface area contributed by atoms with Gasteiger partial charge in [-0.05, 0) is 13.8 Å². The van der Waals surface area contributed by atoms with E-state index < -0.39 is 23.6 Å². The fourth-order valence-corrected chi connectivity index (χ4v) is 2.93. The second-order valence-electron chi connectivity index (χ2n) is 5.84. The Labute approximate surface area is 118 Å². The van der Waals surface area contributed by atoms with E-state index in [2.05, 4.69) is 5.32 Å². The summed E-state index contributed by atoms with van der Waals surface area (Å²) in [7, 11) is 0. The van der Waals surface area contributed by atoms with Gasteiger partial charge in [0.15, 0.2) is 5.79 Å². The molecule has 0 aromatic carbocycles. The van der Waals surface area contributed by atoms with Crippen molar-refractivity contribution < 1.29 is 29.2 Å². The van der Waals surface area contributed by atoms with Gasteiger partial charge in [-0.25, -0.2) is 0 Å². The molecule has 2 heterocycles. The van der Waals surface area contributed by atoms with E-state index in [1.165, 1.54) is 6.92 Å². The van der Waals surface area contributed by atoms with Gasteiger partial charge in [-0.3, -0.25) is 4.79 Å². The Balaban J connectivity index is 2.25. The van der Waals surface area contributed by atoms with Crippen LogP contribution in [0.3, 0.4) is 0 Å². The number of hydrogen-bond acceptors (Lipinski definition) is 6. The topological polar surface area (TPSA) is 97.3 Å². The molecule has 2 fully saturated rings. The van der Waals surface area contributed by atoms with Crippen molar-refractivity contribution in [3.8, 4) is 0 Å². The molecule has 3 N–H and O–H groups in total. The number of hydrogen-bond donors (Lipinski definition) is 3. The van der Waals surface area contributed by atoms with Crippen molar-refractivity contribution in [2.45, 2.75) is 56.8 Å². The minimum atomic E-state index is -0.998. The Morgan fingerprint density at radius 3 is 2.60 bits per heavy atom. The molecule has 0 bridgehead atoms. The minimum Gasteiger partial charge on any atom is -0.396 e. The molecular weight excluding hydrogens is 266 g/mol. The van der Waals surface area contributed by atoms with Crippen LogP contribution in [0.1, 0.15) is 27.2 Å². The van der Waals surface area contributed by atoms with Gasteiger partial charge in [-0.2, -0.15) is 0 Å². The highest BCUT2D eigenvalue weighted by atomic mass is 16.8. The van der Waals surface area contributed by atoms with Crippen LogP contribution >= 0.6 is 0 Å². The Kier molecular flexibility index (Phi) is 4.36. The lowest BCUT2D eigenvalue weighted by molar-refractivity contribution is -0.208. The molecule has 4 atom stereocenters. The summed E-state index contributed by atoms with van der Waals surface area (Å²) in [5.41, 5.74) is -0.998. The van der Waals surface area contributed by atoms with Crippen LogP contribution in [-0.4, -0.2) is 65.6 Å². The quantitative estimate of drug-likeness (QED) is 0.624. The summed E-state index contributed by atoms with van der Waals surface area (Å²) in [4.78, 5) is 11.3. The van der Waals surface area contributed by atoms with Crippen LogP contribution in [0.5, 0.6) is 0 Å². The van der Waals surface area contributed by atoms with Crippen LogP contribution in [0.15, 0.2) is 0 Å². The molecule has 1 amide bonds. The summed E-state index contributed by atoms with van der Waals surface area (Å²) >= 11 is 0. The molecule has 116 valence electrons. The lowest BCUT2D eigenvalue weighted by Crippen LogP contribution is -2.65. The zero-order valence-corrected chi connectivity index (χ0v) is 12.1. The maximum absolute atomic E-state index is 11.3. The zero-order chi connectivity index (χ0) is 15.0. The first-order chi connectivity index (χ1) is 9.33. The predicted octanol–water partition coefficient (Wildman–Crippen LogP) is -0.845. The standard InChI is InChI=1S/C13H23NO6/c1-8(17)14-9-6-18-13(7-16,4-5-15)11-10(9)19-12(2,3)20-11/h9-11,15-16H,4-7H2,1-3H3,(H,14,17)/t9-,10+,11+,13+/m0/s1. The van der Waals surface area contributed by atoms with Gasteiger partial charge >= 0.3 is 0 Å². The molecule has 0 aromatic heterocycles. The number of rotatable bonds is 4. The largest absolute Gasteiger partial charge is 0.396 e. The summed E-state index contributed by atoms with van der Waals surface area (Å²) in [5.74, 6) is -1.00. The van der Waals surface area contributed by atoms with Gasteiger partial charge < -0.3 is 29.7 Å². The van der Waals surface area contributed by atoms with Gasteiger partial charge in [0.1, 0.15) is 17.8 Å². The predicted molar refractivity (Wildman–Crippen MR) is 68.9 cm³/mol. The van der Waals surface area contributed by atoms with E-state index >= 15 is 0 Å². The first kappa shape index (κ1) is 15.7. The number of carbonyl (C=O) groups excluding carboxylic acids is 1. The summed E-state index contributed by atoms with van der Waals surface area (Å²) in [6.45, 7) is 4.78. The summed E-state index contributed by atoms with van der Waals surface area (Å²) in [6.07, 6.45) is -0.710. The third kappa shape index (κ3) is 2.82. The van der Waals surface area contributed by atoms with Crippen LogP contribution in [-0.2, 0) is 19.0 Å². The Morgan fingerprint density at radius 1 is 1.35 bits per heavy atom. The molecule has 2 rings (SSSR count). The van der Waals surface area contributed by atoms with Crippen LogP contribution in [0, 0.1) is 0 Å². The third-order valence-corrected chi connectivity index (χ3v) is 3.79. The maximum atomic E-state index is 11.3. The fourth-order valence-electron chi connectivity index (χ4n) is 2.93. The molecule has 0 aromatic rings. The van der Waals surface area contributed by atoms with Crippen molar-refractivity contribution in [2.75, 3.05) is 19.8 Å². The SMILES string of the molecule is CC(=O)N[C@H]1CO[C@@](CO)(CCO)[C@@H]2OC(C)(C)O[C@H]12. The van der Waals surface area contributed by atoms with Crippen LogP contribution in [0.25, 0.3) is 0 Å². The third-order valence-electron chi connectivity index (χ3n) is 3.79. The number of nitrogens with one attached hydrogen (secondary N) is 1. The van der Waals surface area contributed by atoms with E-state index in [0.29, 0.717) is 0 Å². The smallest absolute Gasteiger partial charge is 0.217 e. The van der Waals surface area contributed by atoms with Crippen LogP contribution in [0.4, 0.5) is 0 Å². The van der Waals surface area contributed by atoms with Gasteiger partial charge in [0.2, 0.25) is 5.91 Å². The average Bonchev–Trinajstić information content (AvgIpc) is 2.69. The number of amides is 1. The first-order valence-electron chi connectivity index (χ1n) is 6.82. The zero-order valence-electron chi connectivity index (χ0n) is 12.1. The highest BCUT2D eigenvalue weighted by Gasteiger charge is 2.58. The molecule has 0 unspecified atom stereocenters. The van der Waals surface area contributed by atoms with Crippen molar-refractivity contribution in [2.24, 2.45) is 0 Å². The second kappa shape index (κ2) is 5.57. The minimum absolute atomic E-state index is 0.127. The summed E-state index contributed by atoms with van der Waals surface area (Å²) in [6, 6.07) is -0.336. The van der Waals surface area contributed by atoms with Gasteiger partial charge in [0.05, 0.1) is 19.3 Å². The number of carbonyl (C=O) groups is 1. The van der Waals surface area contributed by atoms with Gasteiger partial charge in [0.25, 0.3) is 0 Å². The molecule has 2 aliphatic rings.